The first kappa shape index (κ1) is 19.1. The lowest BCUT2D eigenvalue weighted by molar-refractivity contribution is -0.386. The summed E-state index contributed by atoms with van der Waals surface area (Å²) in [4.78, 5) is 12.5. The van der Waals surface area contributed by atoms with Gasteiger partial charge in [-0.25, -0.2) is 0 Å². The average molecular weight is 375 g/mol. The van der Waals surface area contributed by atoms with E-state index in [0.717, 1.165) is 25.6 Å². The molecule has 8 heteroatoms. The van der Waals surface area contributed by atoms with Crippen molar-refractivity contribution in [1.82, 2.24) is 4.90 Å². The van der Waals surface area contributed by atoms with Gasteiger partial charge in [0.25, 0.3) is 0 Å². The van der Waals surface area contributed by atoms with Crippen molar-refractivity contribution in [3.05, 3.63) is 63.5 Å². The molecule has 0 amide bonds. The smallest absolute Gasteiger partial charge is 0.327 e. The summed E-state index contributed by atoms with van der Waals surface area (Å²) in [5, 5.41) is 24.3. The van der Waals surface area contributed by atoms with Crippen molar-refractivity contribution >= 4 is 11.4 Å². The van der Waals surface area contributed by atoms with Crippen molar-refractivity contribution in [2.75, 3.05) is 32.1 Å². The first-order valence-corrected chi connectivity index (χ1v) is 8.71. The Morgan fingerprint density at radius 2 is 2.11 bits per heavy atom. The van der Waals surface area contributed by atoms with Gasteiger partial charge in [0.05, 0.1) is 18.1 Å². The fraction of sp³-hybridized carbons (Fsp3) is 0.368. The molecule has 0 aliphatic carbocycles. The van der Waals surface area contributed by atoms with Crippen LogP contribution in [0.25, 0.3) is 0 Å². The maximum Gasteiger partial charge on any atom is 0.327 e. The Morgan fingerprint density at radius 3 is 2.81 bits per heavy atom. The quantitative estimate of drug-likeness (QED) is 0.571. The lowest BCUT2D eigenvalue weighted by atomic mass is 10.00. The van der Waals surface area contributed by atoms with E-state index in [1.165, 1.54) is 24.3 Å². The van der Waals surface area contributed by atoms with Crippen LogP contribution in [0.2, 0.25) is 0 Å². The fourth-order valence-electron chi connectivity index (χ4n) is 3.31. The summed E-state index contributed by atoms with van der Waals surface area (Å²) in [6, 6.07) is 10.5. The third kappa shape index (κ3) is 4.53. The van der Waals surface area contributed by atoms with E-state index in [9.17, 15) is 19.6 Å². The number of nitrogens with zero attached hydrogens (tertiary/aromatic N) is 2. The van der Waals surface area contributed by atoms with Gasteiger partial charge in [0.1, 0.15) is 11.4 Å². The standard InChI is InChI=1S/C19H22FN3O4/c1-27-16-8-17(20)19(23(25)26)18(9-16)21-10-15(24)12-22-7-6-13-4-2-3-5-14(13)11-22/h2-5,8-9,15,21,24H,6-7,10-12H2,1H3. The van der Waals surface area contributed by atoms with E-state index in [2.05, 4.69) is 22.3 Å². The molecule has 2 aromatic rings. The Hall–Kier alpha value is -2.71. The zero-order chi connectivity index (χ0) is 19.4. The van der Waals surface area contributed by atoms with Crippen LogP contribution in [-0.4, -0.2) is 47.8 Å². The highest BCUT2D eigenvalue weighted by Crippen LogP contribution is 2.32. The predicted molar refractivity (Wildman–Crippen MR) is 99.5 cm³/mol. The highest BCUT2D eigenvalue weighted by atomic mass is 19.1. The average Bonchev–Trinajstić information content (AvgIpc) is 2.65. The van der Waals surface area contributed by atoms with Crippen LogP contribution in [-0.2, 0) is 13.0 Å². The zero-order valence-electron chi connectivity index (χ0n) is 15.0. The minimum Gasteiger partial charge on any atom is -0.497 e. The van der Waals surface area contributed by atoms with Gasteiger partial charge < -0.3 is 15.2 Å². The Bertz CT molecular complexity index is 831. The molecule has 144 valence electrons. The molecule has 2 aromatic carbocycles. The third-order valence-corrected chi connectivity index (χ3v) is 4.66. The van der Waals surface area contributed by atoms with Crippen LogP contribution in [0.15, 0.2) is 36.4 Å². The molecule has 1 unspecified atom stereocenters. The summed E-state index contributed by atoms with van der Waals surface area (Å²) >= 11 is 0. The summed E-state index contributed by atoms with van der Waals surface area (Å²) in [5.74, 6) is -0.813. The lowest BCUT2D eigenvalue weighted by Crippen LogP contribution is -2.39. The topological polar surface area (TPSA) is 87.9 Å². The van der Waals surface area contributed by atoms with Gasteiger partial charge in [-0.2, -0.15) is 4.39 Å². The van der Waals surface area contributed by atoms with Crippen molar-refractivity contribution < 1.29 is 19.2 Å². The van der Waals surface area contributed by atoms with Gasteiger partial charge in [-0.3, -0.25) is 15.0 Å². The van der Waals surface area contributed by atoms with Gasteiger partial charge in [-0.05, 0) is 17.5 Å². The number of halogens is 1. The number of nitro groups is 1. The largest absolute Gasteiger partial charge is 0.497 e. The maximum absolute atomic E-state index is 14.0. The molecule has 0 saturated heterocycles. The molecule has 27 heavy (non-hydrogen) atoms. The normalized spacial score (nSPS) is 15.1. The highest BCUT2D eigenvalue weighted by molar-refractivity contribution is 5.65. The molecule has 1 aliphatic rings. The van der Waals surface area contributed by atoms with E-state index >= 15 is 0 Å². The Balaban J connectivity index is 1.62. The number of hydrogen-bond donors (Lipinski definition) is 2. The minimum atomic E-state index is -0.982. The van der Waals surface area contributed by atoms with Crippen molar-refractivity contribution in [2.45, 2.75) is 19.1 Å². The van der Waals surface area contributed by atoms with Crippen molar-refractivity contribution in [1.29, 1.82) is 0 Å². The lowest BCUT2D eigenvalue weighted by Gasteiger charge is -2.30. The number of ether oxygens (including phenoxy) is 1. The number of nitrogens with one attached hydrogen (secondary N) is 1. The minimum absolute atomic E-state index is 0.0140. The molecular weight excluding hydrogens is 353 g/mol. The van der Waals surface area contributed by atoms with Crippen LogP contribution in [0.5, 0.6) is 5.75 Å². The van der Waals surface area contributed by atoms with E-state index in [1.807, 2.05) is 12.1 Å². The number of fused-ring (bicyclic) bond motifs is 1. The SMILES string of the molecule is COc1cc(F)c([N+](=O)[O-])c(NCC(O)CN2CCc3ccccc3C2)c1. The van der Waals surface area contributed by atoms with Crippen LogP contribution in [0.1, 0.15) is 11.1 Å². The number of nitro benzene ring substituents is 1. The second kappa shape index (κ2) is 8.32. The number of aliphatic hydroxyl groups is 1. The summed E-state index contributed by atoms with van der Waals surface area (Å²) in [5.41, 5.74) is 1.90. The Kier molecular flexibility index (Phi) is 5.88. The summed E-state index contributed by atoms with van der Waals surface area (Å²) in [6.45, 7) is 2.07. The maximum atomic E-state index is 14.0. The van der Waals surface area contributed by atoms with Gasteiger partial charge in [-0.15, -0.1) is 0 Å². The van der Waals surface area contributed by atoms with Crippen LogP contribution in [0.3, 0.4) is 0 Å². The second-order valence-corrected chi connectivity index (χ2v) is 6.55. The summed E-state index contributed by atoms with van der Waals surface area (Å²) in [7, 11) is 1.35. The zero-order valence-corrected chi connectivity index (χ0v) is 15.0. The first-order chi connectivity index (χ1) is 13.0. The van der Waals surface area contributed by atoms with E-state index in [4.69, 9.17) is 4.74 Å². The number of methoxy groups -OCH3 is 1. The molecule has 1 aliphatic heterocycles. The van der Waals surface area contributed by atoms with Gasteiger partial charge in [0.15, 0.2) is 0 Å². The molecule has 0 fully saturated rings. The Morgan fingerprint density at radius 1 is 1.37 bits per heavy atom. The van der Waals surface area contributed by atoms with E-state index in [-0.39, 0.29) is 18.0 Å². The van der Waals surface area contributed by atoms with Crippen molar-refractivity contribution in [3.63, 3.8) is 0 Å². The number of hydrogen-bond acceptors (Lipinski definition) is 6. The van der Waals surface area contributed by atoms with Crippen LogP contribution < -0.4 is 10.1 Å². The summed E-state index contributed by atoms with van der Waals surface area (Å²) in [6.07, 6.45) is 0.159. The molecule has 1 atom stereocenters. The van der Waals surface area contributed by atoms with Crippen LogP contribution >= 0.6 is 0 Å². The van der Waals surface area contributed by atoms with Crippen LogP contribution in [0, 0.1) is 15.9 Å². The summed E-state index contributed by atoms with van der Waals surface area (Å²) < 4.78 is 18.9. The first-order valence-electron chi connectivity index (χ1n) is 8.71. The number of aliphatic hydroxyl groups excluding tert-OH is 1. The number of rotatable bonds is 7. The Labute approximate surface area is 156 Å². The van der Waals surface area contributed by atoms with E-state index in [1.54, 1.807) is 0 Å². The molecule has 3 rings (SSSR count). The van der Waals surface area contributed by atoms with Gasteiger partial charge in [0.2, 0.25) is 5.82 Å². The fourth-order valence-corrected chi connectivity index (χ4v) is 3.31. The molecule has 2 N–H and O–H groups in total. The number of benzene rings is 2. The third-order valence-electron chi connectivity index (χ3n) is 4.66. The van der Waals surface area contributed by atoms with Gasteiger partial charge >= 0.3 is 5.69 Å². The van der Waals surface area contributed by atoms with Gasteiger partial charge in [-0.1, -0.05) is 24.3 Å². The monoisotopic (exact) mass is 375 g/mol. The molecule has 0 aromatic heterocycles. The number of β-amino-alcohol motifs (C(OH)–C–C–N with tert-alkyl or cyclic N) is 1. The second-order valence-electron chi connectivity index (χ2n) is 6.55. The molecule has 0 spiro atoms. The highest BCUT2D eigenvalue weighted by Gasteiger charge is 2.23. The molecule has 1 heterocycles. The molecular formula is C19H22FN3O4. The molecule has 7 nitrogen and oxygen atoms in total. The molecule has 0 saturated carbocycles. The van der Waals surface area contributed by atoms with E-state index < -0.39 is 22.5 Å². The van der Waals surface area contributed by atoms with Gasteiger partial charge in [0, 0.05) is 38.3 Å². The van der Waals surface area contributed by atoms with Crippen molar-refractivity contribution in [3.8, 4) is 5.75 Å². The van der Waals surface area contributed by atoms with Crippen molar-refractivity contribution in [2.24, 2.45) is 0 Å². The predicted octanol–water partition coefficient (Wildman–Crippen LogP) is 2.57. The number of anilines is 1. The molecule has 0 bridgehead atoms. The molecule has 0 radical (unpaired) electrons. The van der Waals surface area contributed by atoms with E-state index in [0.29, 0.717) is 6.54 Å². The van der Waals surface area contributed by atoms with Crippen LogP contribution in [0.4, 0.5) is 15.8 Å².